The van der Waals surface area contributed by atoms with Crippen LogP contribution in [0.2, 0.25) is 0 Å². The maximum absolute atomic E-state index is 12.5. The fourth-order valence-electron chi connectivity index (χ4n) is 4.70. The predicted octanol–water partition coefficient (Wildman–Crippen LogP) is 2.80. The van der Waals surface area contributed by atoms with Crippen molar-refractivity contribution in [2.45, 2.75) is 50.6 Å². The van der Waals surface area contributed by atoms with E-state index in [1.54, 1.807) is 18.2 Å². The Balaban J connectivity index is 1.17. The minimum Gasteiger partial charge on any atom is -0.353 e. The second-order valence-corrected chi connectivity index (χ2v) is 8.42. The summed E-state index contributed by atoms with van der Waals surface area (Å²) in [6.45, 7) is 0. The summed E-state index contributed by atoms with van der Waals surface area (Å²) in [5.74, 6) is 0.472. The van der Waals surface area contributed by atoms with Gasteiger partial charge in [0.05, 0.1) is 21.9 Å². The summed E-state index contributed by atoms with van der Waals surface area (Å²) in [5.41, 5.74) is 2.17. The predicted molar refractivity (Wildman–Crippen MR) is 123 cm³/mol. The van der Waals surface area contributed by atoms with Crippen LogP contribution in [0.1, 0.15) is 44.0 Å². The van der Waals surface area contributed by atoms with Crippen molar-refractivity contribution in [2.24, 2.45) is 0 Å². The number of nitrogens with zero attached hydrogens (tertiary/aromatic N) is 2. The third-order valence-corrected chi connectivity index (χ3v) is 6.30. The molecule has 1 aliphatic carbocycles. The van der Waals surface area contributed by atoms with Crippen molar-refractivity contribution in [3.8, 4) is 0 Å². The maximum Gasteiger partial charge on any atom is 0.326 e. The van der Waals surface area contributed by atoms with Gasteiger partial charge in [-0.1, -0.05) is 24.3 Å². The van der Waals surface area contributed by atoms with Gasteiger partial charge in [-0.2, -0.15) is 0 Å². The van der Waals surface area contributed by atoms with Crippen LogP contribution < -0.4 is 16.6 Å². The molecule has 8 nitrogen and oxygen atoms in total. The van der Waals surface area contributed by atoms with Crippen molar-refractivity contribution < 1.29 is 4.79 Å². The lowest BCUT2D eigenvalue weighted by Gasteiger charge is -2.29. The minimum absolute atomic E-state index is 0.0477. The molecule has 0 radical (unpaired) electrons. The summed E-state index contributed by atoms with van der Waals surface area (Å²) in [5, 5.41) is 3.65. The standard InChI is InChI=1S/C24H25N5O3/c30-22(14-13-21-26-18-6-2-1-5-17(18)23(31)28-21)25-15-9-11-16(12-10-15)29-20-8-4-3-7-19(20)27-24(29)32/h1-8,15-16H,9-14H2,(H,25,30)(H,27,32)(H,26,28,31). The van der Waals surface area contributed by atoms with Gasteiger partial charge in [-0.3, -0.25) is 14.2 Å². The van der Waals surface area contributed by atoms with Crippen LogP contribution in [0.25, 0.3) is 21.9 Å². The molecule has 1 fully saturated rings. The Labute approximate surface area is 183 Å². The van der Waals surface area contributed by atoms with Crippen LogP contribution in [0, 0.1) is 0 Å². The van der Waals surface area contributed by atoms with Gasteiger partial charge in [0.25, 0.3) is 5.56 Å². The molecule has 1 saturated carbocycles. The lowest BCUT2D eigenvalue weighted by molar-refractivity contribution is -0.122. The number of nitrogens with one attached hydrogen (secondary N) is 3. The largest absolute Gasteiger partial charge is 0.353 e. The molecule has 2 heterocycles. The highest BCUT2D eigenvalue weighted by Gasteiger charge is 2.25. The molecule has 0 atom stereocenters. The quantitative estimate of drug-likeness (QED) is 0.451. The molecule has 0 unspecified atom stereocenters. The molecule has 0 bridgehead atoms. The summed E-state index contributed by atoms with van der Waals surface area (Å²) in [6, 6.07) is 15.1. The second kappa shape index (κ2) is 8.45. The van der Waals surface area contributed by atoms with Gasteiger partial charge >= 0.3 is 5.69 Å². The minimum atomic E-state index is -0.183. The summed E-state index contributed by atoms with van der Waals surface area (Å²) in [7, 11) is 0. The lowest BCUT2D eigenvalue weighted by Crippen LogP contribution is -2.39. The van der Waals surface area contributed by atoms with Crippen LogP contribution in [0.15, 0.2) is 58.1 Å². The van der Waals surface area contributed by atoms with E-state index in [0.29, 0.717) is 23.1 Å². The number of benzene rings is 2. The molecule has 0 spiro atoms. The first-order valence-electron chi connectivity index (χ1n) is 11.0. The van der Waals surface area contributed by atoms with Gasteiger partial charge in [0.1, 0.15) is 5.82 Å². The molecule has 0 saturated heterocycles. The maximum atomic E-state index is 12.5. The Morgan fingerprint density at radius 3 is 2.59 bits per heavy atom. The zero-order chi connectivity index (χ0) is 22.1. The van der Waals surface area contributed by atoms with Crippen molar-refractivity contribution in [1.29, 1.82) is 0 Å². The summed E-state index contributed by atoms with van der Waals surface area (Å²) in [6.07, 6.45) is 3.98. The Morgan fingerprint density at radius 1 is 1.00 bits per heavy atom. The molecule has 2 aromatic heterocycles. The van der Waals surface area contributed by atoms with Gasteiger partial charge in [-0.05, 0) is 49.9 Å². The van der Waals surface area contributed by atoms with Gasteiger partial charge in [0, 0.05) is 24.9 Å². The third kappa shape index (κ3) is 3.95. The van der Waals surface area contributed by atoms with Gasteiger partial charge in [0.2, 0.25) is 5.91 Å². The number of aryl methyl sites for hydroxylation is 1. The van der Waals surface area contributed by atoms with Crippen LogP contribution in [-0.2, 0) is 11.2 Å². The van der Waals surface area contributed by atoms with Crippen LogP contribution >= 0.6 is 0 Å². The molecule has 0 aliphatic heterocycles. The summed E-state index contributed by atoms with van der Waals surface area (Å²) in [4.78, 5) is 47.2. The van der Waals surface area contributed by atoms with Crippen molar-refractivity contribution in [3.05, 3.63) is 75.2 Å². The van der Waals surface area contributed by atoms with E-state index in [4.69, 9.17) is 0 Å². The molecule has 1 amide bonds. The number of carbonyl (C=O) groups is 1. The number of hydrogen-bond donors (Lipinski definition) is 3. The van der Waals surface area contributed by atoms with E-state index in [1.807, 2.05) is 34.9 Å². The smallest absolute Gasteiger partial charge is 0.326 e. The van der Waals surface area contributed by atoms with E-state index in [2.05, 4.69) is 20.3 Å². The van der Waals surface area contributed by atoms with E-state index in [-0.39, 0.29) is 35.7 Å². The normalized spacial score (nSPS) is 18.8. The Hall–Kier alpha value is -3.68. The van der Waals surface area contributed by atoms with Crippen molar-refractivity contribution >= 4 is 27.8 Å². The van der Waals surface area contributed by atoms with Crippen molar-refractivity contribution in [1.82, 2.24) is 24.8 Å². The number of imidazole rings is 1. The van der Waals surface area contributed by atoms with E-state index in [1.165, 1.54) is 0 Å². The molecular formula is C24H25N5O3. The topological polar surface area (TPSA) is 113 Å². The first kappa shape index (κ1) is 20.2. The van der Waals surface area contributed by atoms with Crippen LogP contribution in [0.5, 0.6) is 0 Å². The van der Waals surface area contributed by atoms with Crippen LogP contribution in [0.3, 0.4) is 0 Å². The van der Waals surface area contributed by atoms with Crippen LogP contribution in [0.4, 0.5) is 0 Å². The number of para-hydroxylation sites is 3. The number of aromatic nitrogens is 4. The first-order chi connectivity index (χ1) is 15.6. The molecule has 5 rings (SSSR count). The molecule has 164 valence electrons. The monoisotopic (exact) mass is 431 g/mol. The number of H-pyrrole nitrogens is 2. The Kier molecular flexibility index (Phi) is 5.34. The SMILES string of the molecule is O=C(CCc1nc2ccccc2c(=O)[nH]1)NC1CCC(n2c(=O)[nH]c3ccccc32)CC1. The van der Waals surface area contributed by atoms with Crippen molar-refractivity contribution in [3.63, 3.8) is 0 Å². The third-order valence-electron chi connectivity index (χ3n) is 6.30. The van der Waals surface area contributed by atoms with Crippen LogP contribution in [-0.4, -0.2) is 31.5 Å². The van der Waals surface area contributed by atoms with Crippen molar-refractivity contribution in [2.75, 3.05) is 0 Å². The summed E-state index contributed by atoms with van der Waals surface area (Å²) >= 11 is 0. The zero-order valence-corrected chi connectivity index (χ0v) is 17.6. The first-order valence-corrected chi connectivity index (χ1v) is 11.0. The molecule has 32 heavy (non-hydrogen) atoms. The average Bonchev–Trinajstić information content (AvgIpc) is 3.14. The fraction of sp³-hybridized carbons (Fsp3) is 0.333. The number of hydrogen-bond acceptors (Lipinski definition) is 4. The zero-order valence-electron chi connectivity index (χ0n) is 17.6. The number of aromatic amines is 2. The van der Waals surface area contributed by atoms with Gasteiger partial charge in [0.15, 0.2) is 0 Å². The highest BCUT2D eigenvalue weighted by molar-refractivity contribution is 5.78. The lowest BCUT2D eigenvalue weighted by atomic mass is 9.90. The fourth-order valence-corrected chi connectivity index (χ4v) is 4.70. The van der Waals surface area contributed by atoms with E-state index in [0.717, 1.165) is 36.7 Å². The molecule has 8 heteroatoms. The van der Waals surface area contributed by atoms with Gasteiger partial charge in [-0.15, -0.1) is 0 Å². The van der Waals surface area contributed by atoms with Gasteiger partial charge in [-0.25, -0.2) is 9.78 Å². The van der Waals surface area contributed by atoms with E-state index in [9.17, 15) is 14.4 Å². The molecular weight excluding hydrogens is 406 g/mol. The number of rotatable bonds is 5. The average molecular weight is 431 g/mol. The number of fused-ring (bicyclic) bond motifs is 2. The van der Waals surface area contributed by atoms with E-state index >= 15 is 0 Å². The Bertz CT molecular complexity index is 1390. The second-order valence-electron chi connectivity index (χ2n) is 8.42. The van der Waals surface area contributed by atoms with Gasteiger partial charge < -0.3 is 15.3 Å². The highest BCUT2D eigenvalue weighted by Crippen LogP contribution is 2.29. The molecule has 2 aromatic carbocycles. The molecule has 1 aliphatic rings. The molecule has 3 N–H and O–H groups in total. The van der Waals surface area contributed by atoms with E-state index < -0.39 is 0 Å². The highest BCUT2D eigenvalue weighted by atomic mass is 16.2. The molecule has 4 aromatic rings. The number of amides is 1. The number of carbonyl (C=O) groups excluding carboxylic acids is 1. The Morgan fingerprint density at radius 2 is 1.75 bits per heavy atom. The summed E-state index contributed by atoms with van der Waals surface area (Å²) < 4.78 is 1.86.